The van der Waals surface area contributed by atoms with Gasteiger partial charge in [-0.2, -0.15) is 15.0 Å². The van der Waals surface area contributed by atoms with Crippen LogP contribution in [0.15, 0.2) is 112 Å². The highest BCUT2D eigenvalue weighted by atomic mass is 16.9. The van der Waals surface area contributed by atoms with Crippen molar-refractivity contribution in [2.24, 2.45) is 20.5 Å². The van der Waals surface area contributed by atoms with Crippen molar-refractivity contribution in [3.05, 3.63) is 162 Å². The molecule has 0 aromatic carbocycles. The average molecular weight is 2040 g/mol. The lowest BCUT2D eigenvalue weighted by molar-refractivity contribution is -0.271. The van der Waals surface area contributed by atoms with Crippen LogP contribution in [0.5, 0.6) is 0 Å². The van der Waals surface area contributed by atoms with Crippen LogP contribution in [0.4, 0.5) is 11.6 Å². The van der Waals surface area contributed by atoms with Crippen molar-refractivity contribution >= 4 is 35.5 Å². The Kier molecular flexibility index (Phi) is 49.6. The van der Waals surface area contributed by atoms with E-state index in [4.69, 9.17) is 97.5 Å². The number of esters is 4. The number of unbranched alkanes of at least 4 members (excludes halogenated alkanes) is 32. The van der Waals surface area contributed by atoms with Gasteiger partial charge >= 0.3 is 46.6 Å². The summed E-state index contributed by atoms with van der Waals surface area (Å²) < 4.78 is 101. The number of imidazole rings is 1. The first-order chi connectivity index (χ1) is 70.2. The summed E-state index contributed by atoms with van der Waals surface area (Å²) in [6, 6.07) is 5.47. The van der Waals surface area contributed by atoms with E-state index in [0.29, 0.717) is 31.5 Å². The zero-order valence-electron chi connectivity index (χ0n) is 83.7. The molecule has 0 radical (unpaired) electrons. The molecule has 2 unspecified atom stereocenters. The summed E-state index contributed by atoms with van der Waals surface area (Å²) in [5.74, 6) is -1.51. The number of aliphatic hydroxyl groups is 2. The lowest BCUT2D eigenvalue weighted by atomic mass is 10.1. The fraction of sp³-hybridized carbons (Fsp3) is 0.753. The molecule has 7 fully saturated rings. The standard InChI is InChI=1S/C26H37N7O7.C23H36N6O7.C23H35N5O8.C21H34N6O6/c1-3-4-5-6-7-8-9-10-11-12-20(34)37-17-26(30-31-27)22-21(38-25(36-2)39-22)23(40-26)33-15-13-19(29-24(33)35)32-16-14-28-18-32;1-3-4-5-6-7-8-9-10-11-12-17(30)33-15-23(27-28-25)19-18(34-22(32-2)35-19)20(36-23)29-14-13-16(24)26-21(29)31;1-3-4-5-6-7-8-9-10-11-12-17(30)33-15-23(26-27-24)19-18(34-22(32-2)35-19)20(36-23)28-14-13-16(29)25-21(28)31;1-2-3-4-5-6-7-8-9-10-11-16(28)32-14-21(25-26-23)18(30)17(29)19(33-21)27-13-12-15(22)24-20(27)31/h13-16,18,21-23,25H,3-12,17H2,1-2H3;13-14,18-20,22H,3-12,15H2,1-2H3,(H2,24,26,31);13-14,18-20,22H,3-12,15H2,1-2H3,(H,25,29,31);12-13,17-19,29-30H,2-11,14H2,1H3,(H2,22,24,31)/t21-,22+,23-,25-,26-;2*18?,19-,20+,22+,23+;17-,18+,19-,21-/m1001/s1. The molecule has 7 aliphatic rings. The number of aromatic nitrogens is 10. The number of hydrogen-bond donors (Lipinski definition) is 5. The Bertz CT molecular complexity index is 5340. The SMILES string of the molecule is CCCCCCCCCCCC(=O)OC[C@@]1(N=[N+]=[N-])O[C@@H](n2ccc(-n3ccnc3)nc2=O)[C@@H]2O[C@@H](OC)O[C@@H]21.CCCCCCCCCCCC(=O)OC[C@@]1(N=[N+]=[N-])O[C@@H](n2ccc(=O)[nH]c2=O)C2O[C@@H](OC)O[C@@H]21.CCCCCCCCCCCC(=O)OC[C@@]1(N=[N+]=[N-])O[C@@H](n2ccc(N)nc2=O)C2O[C@@H](OC)O[C@@H]21.CCCCCCCCCCCC(=O)OC[C@@]1(N=[N+]=[N-])O[C@@H](n2ccc(N)nc2=O)[C@H](O)[C@@H]1O. The van der Waals surface area contributed by atoms with Gasteiger partial charge in [0, 0.05) is 110 Å². The maximum atomic E-state index is 13.0. The van der Waals surface area contributed by atoms with Gasteiger partial charge in [-0.3, -0.25) is 51.8 Å². The van der Waals surface area contributed by atoms with Gasteiger partial charge in [-0.25, -0.2) is 24.2 Å². The van der Waals surface area contributed by atoms with E-state index in [2.05, 4.69) is 92.7 Å². The smallest absolute Gasteiger partial charge is 0.351 e. The first kappa shape index (κ1) is 117. The van der Waals surface area contributed by atoms with E-state index in [-0.39, 0.29) is 37.3 Å². The van der Waals surface area contributed by atoms with Crippen LogP contribution < -0.4 is 39.8 Å². The molecule has 0 aliphatic carbocycles. The molecule has 7 aliphatic heterocycles. The molecule has 7 saturated heterocycles. The predicted octanol–water partition coefficient (Wildman–Crippen LogP) is 13.5. The van der Waals surface area contributed by atoms with Gasteiger partial charge < -0.3 is 102 Å². The number of ether oxygens (including phenoxy) is 17. The van der Waals surface area contributed by atoms with Crippen LogP contribution in [0.25, 0.3) is 47.6 Å². The molecule has 52 heteroatoms. The molecule has 802 valence electrons. The summed E-state index contributed by atoms with van der Waals surface area (Å²) in [4.78, 5) is 140. The van der Waals surface area contributed by atoms with E-state index in [9.17, 15) is 70.0 Å². The van der Waals surface area contributed by atoms with Crippen molar-refractivity contribution in [2.75, 3.05) is 59.2 Å². The number of carbonyl (C=O) groups excluding carboxylic acids is 4. The predicted molar refractivity (Wildman–Crippen MR) is 516 cm³/mol. The summed E-state index contributed by atoms with van der Waals surface area (Å²) in [5, 5.41) is 35.7. The van der Waals surface area contributed by atoms with Gasteiger partial charge in [0.1, 0.15) is 99.0 Å². The molecule has 0 spiro atoms. The number of rotatable bonds is 60. The van der Waals surface area contributed by atoms with Crippen molar-refractivity contribution in [1.29, 1.82) is 0 Å². The maximum Gasteiger partial charge on any atom is 0.351 e. The number of aliphatic hydroxyl groups excluding tert-OH is 2. The molecule has 5 aromatic heterocycles. The van der Waals surface area contributed by atoms with Crippen molar-refractivity contribution in [3.8, 4) is 5.82 Å². The molecule has 145 heavy (non-hydrogen) atoms. The van der Waals surface area contributed by atoms with Gasteiger partial charge in [-0.15, -0.1) is 0 Å². The number of nitrogen functional groups attached to an aromatic ring is 2. The maximum absolute atomic E-state index is 13.0. The molecule has 52 nitrogen and oxygen atoms in total. The number of anilines is 2. The van der Waals surface area contributed by atoms with E-state index in [0.717, 1.165) is 96.8 Å². The Morgan fingerprint density at radius 2 is 0.683 bits per heavy atom. The van der Waals surface area contributed by atoms with Crippen molar-refractivity contribution in [3.63, 3.8) is 0 Å². The number of nitrogens with two attached hydrogens (primary N) is 2. The highest BCUT2D eigenvalue weighted by Crippen LogP contribution is 2.50. The number of hydrogen-bond acceptors (Lipinski definition) is 38. The fourth-order valence-electron chi connectivity index (χ4n) is 17.6. The highest BCUT2D eigenvalue weighted by Gasteiger charge is 2.66. The largest absolute Gasteiger partial charge is 0.462 e. The second-order valence-electron chi connectivity index (χ2n) is 36.2. The number of H-pyrrole nitrogens is 1. The number of carbonyl (C=O) groups is 4. The Balaban J connectivity index is 0.000000216. The number of methoxy groups -OCH3 is 3. The first-order valence-corrected chi connectivity index (χ1v) is 50.3. The van der Waals surface area contributed by atoms with Gasteiger partial charge in [0.05, 0.1) is 0 Å². The zero-order valence-corrected chi connectivity index (χ0v) is 83.7. The molecular weight excluding hydrogens is 1900 g/mol. The molecule has 0 saturated carbocycles. The number of azide groups is 4. The minimum atomic E-state index is -2.09. The molecule has 19 atom stereocenters. The summed E-state index contributed by atoms with van der Waals surface area (Å²) >= 11 is 0. The fourth-order valence-corrected chi connectivity index (χ4v) is 17.6. The number of fused-ring (bicyclic) bond motifs is 3. The van der Waals surface area contributed by atoms with Crippen LogP contribution in [-0.4, -0.2) is 221 Å². The first-order valence-electron chi connectivity index (χ1n) is 50.3. The Hall–Kier alpha value is -11.3. The van der Waals surface area contributed by atoms with Crippen LogP contribution in [0, 0.1) is 0 Å². The van der Waals surface area contributed by atoms with E-state index in [1.807, 2.05) is 0 Å². The Morgan fingerprint density at radius 3 is 0.986 bits per heavy atom. The van der Waals surface area contributed by atoms with E-state index >= 15 is 0 Å². The van der Waals surface area contributed by atoms with E-state index < -0.39 is 195 Å². The molecule has 12 heterocycles. The van der Waals surface area contributed by atoms with E-state index in [1.54, 1.807) is 23.0 Å². The molecule has 5 aromatic rings. The molecule has 12 rings (SSSR count). The molecular formula is C93H142N24O28. The van der Waals surface area contributed by atoms with Crippen molar-refractivity contribution < 1.29 is 110 Å². The van der Waals surface area contributed by atoms with Gasteiger partial charge in [0.2, 0.25) is 22.9 Å². The van der Waals surface area contributed by atoms with Gasteiger partial charge in [0.15, 0.2) is 24.9 Å². The number of aromatic amines is 1. The third kappa shape index (κ3) is 34.1. The topological polar surface area (TPSA) is 690 Å². The average Bonchev–Trinajstić information content (AvgIpc) is 1.59. The Labute approximate surface area is 837 Å². The second-order valence-corrected chi connectivity index (χ2v) is 36.2. The van der Waals surface area contributed by atoms with Crippen molar-refractivity contribution in [1.82, 2.24) is 47.8 Å². The zero-order chi connectivity index (χ0) is 105. The summed E-state index contributed by atoms with van der Waals surface area (Å²) in [7, 11) is 4.11. The lowest BCUT2D eigenvalue weighted by Crippen LogP contribution is -2.45. The quantitative estimate of drug-likeness (QED) is 0.00603. The number of nitrogens with one attached hydrogen (secondary N) is 1. The molecule has 0 bridgehead atoms. The van der Waals surface area contributed by atoms with Crippen LogP contribution in [0.1, 0.15) is 309 Å². The summed E-state index contributed by atoms with van der Waals surface area (Å²) in [5.41, 5.74) is 36.9. The summed E-state index contributed by atoms with van der Waals surface area (Å²) in [6.45, 7) is 3.60. The van der Waals surface area contributed by atoms with Crippen molar-refractivity contribution in [2.45, 2.75) is 401 Å². The third-order valence-electron chi connectivity index (χ3n) is 25.4. The number of nitrogens with zero attached hydrogens (tertiary/aromatic N) is 21. The lowest BCUT2D eigenvalue weighted by Gasteiger charge is -2.28. The normalized spacial score (nSPS) is 26.0. The van der Waals surface area contributed by atoms with Gasteiger partial charge in [-0.05, 0) is 66.0 Å². The minimum Gasteiger partial charge on any atom is -0.462 e. The van der Waals surface area contributed by atoms with Gasteiger partial charge in [-0.1, -0.05) is 254 Å². The third-order valence-corrected chi connectivity index (χ3v) is 25.4. The minimum absolute atomic E-state index is 0.0315. The van der Waals surface area contributed by atoms with Crippen LogP contribution in [0.2, 0.25) is 0 Å². The van der Waals surface area contributed by atoms with E-state index in [1.165, 1.54) is 198 Å². The summed E-state index contributed by atoms with van der Waals surface area (Å²) in [6.07, 6.45) is 37.3. The van der Waals surface area contributed by atoms with Crippen LogP contribution in [-0.2, 0) is 99.7 Å². The Morgan fingerprint density at radius 1 is 0.393 bits per heavy atom. The molecule has 0 amide bonds. The molecule has 7 N–H and O–H groups in total. The highest BCUT2D eigenvalue weighted by molar-refractivity contribution is 5.70. The second kappa shape index (κ2) is 61.3. The van der Waals surface area contributed by atoms with Crippen LogP contribution in [0.3, 0.4) is 0 Å². The van der Waals surface area contributed by atoms with Crippen LogP contribution >= 0.6 is 0 Å². The monoisotopic (exact) mass is 2040 g/mol. The van der Waals surface area contributed by atoms with Gasteiger partial charge in [0.25, 0.3) is 25.0 Å².